The SMILES string of the molecule is Cn1nc(-c2ccccn2)cc1-c1ccc2[nH]c(-c3ccccc3Cl)cc2c1. The fourth-order valence-corrected chi connectivity index (χ4v) is 3.73. The summed E-state index contributed by atoms with van der Waals surface area (Å²) in [5.41, 5.74) is 6.97. The van der Waals surface area contributed by atoms with Crippen LogP contribution in [-0.2, 0) is 7.05 Å². The predicted octanol–water partition coefficient (Wildman–Crippen LogP) is 5.95. The largest absolute Gasteiger partial charge is 0.354 e. The Kier molecular flexibility index (Phi) is 3.99. The molecular formula is C23H17ClN4. The average Bonchev–Trinajstić information content (AvgIpc) is 3.32. The van der Waals surface area contributed by atoms with Gasteiger partial charge in [0, 0.05) is 46.0 Å². The van der Waals surface area contributed by atoms with Crippen LogP contribution in [0.4, 0.5) is 0 Å². The maximum atomic E-state index is 6.36. The monoisotopic (exact) mass is 384 g/mol. The lowest BCUT2D eigenvalue weighted by atomic mass is 10.1. The molecule has 0 saturated heterocycles. The van der Waals surface area contributed by atoms with Crippen LogP contribution in [0.1, 0.15) is 0 Å². The van der Waals surface area contributed by atoms with Gasteiger partial charge in [-0.2, -0.15) is 5.10 Å². The second-order valence-electron chi connectivity index (χ2n) is 6.72. The third-order valence-electron chi connectivity index (χ3n) is 4.89. The summed E-state index contributed by atoms with van der Waals surface area (Å²) >= 11 is 6.36. The molecule has 0 atom stereocenters. The zero-order valence-electron chi connectivity index (χ0n) is 15.2. The number of aryl methyl sites for hydroxylation is 1. The van der Waals surface area contributed by atoms with E-state index < -0.39 is 0 Å². The lowest BCUT2D eigenvalue weighted by Crippen LogP contribution is -1.93. The van der Waals surface area contributed by atoms with Crippen molar-refractivity contribution in [2.45, 2.75) is 0 Å². The first-order chi connectivity index (χ1) is 13.7. The molecule has 0 aliphatic carbocycles. The number of halogens is 1. The van der Waals surface area contributed by atoms with Crippen LogP contribution >= 0.6 is 11.6 Å². The van der Waals surface area contributed by atoms with Crippen molar-refractivity contribution in [3.05, 3.63) is 84.0 Å². The van der Waals surface area contributed by atoms with Gasteiger partial charge in [0.1, 0.15) is 5.69 Å². The first-order valence-electron chi connectivity index (χ1n) is 9.02. The zero-order valence-corrected chi connectivity index (χ0v) is 16.0. The molecule has 28 heavy (non-hydrogen) atoms. The summed E-state index contributed by atoms with van der Waals surface area (Å²) in [6, 6.07) is 24.3. The molecule has 1 N–H and O–H groups in total. The van der Waals surface area contributed by atoms with Gasteiger partial charge in [-0.05, 0) is 42.5 Å². The van der Waals surface area contributed by atoms with E-state index in [1.165, 1.54) is 0 Å². The Morgan fingerprint density at radius 2 is 1.75 bits per heavy atom. The Bertz CT molecular complexity index is 1280. The van der Waals surface area contributed by atoms with Gasteiger partial charge in [0.2, 0.25) is 0 Å². The van der Waals surface area contributed by atoms with Crippen molar-refractivity contribution in [1.82, 2.24) is 19.7 Å². The zero-order chi connectivity index (χ0) is 19.1. The van der Waals surface area contributed by atoms with E-state index in [1.54, 1.807) is 6.20 Å². The summed E-state index contributed by atoms with van der Waals surface area (Å²) < 4.78 is 1.90. The molecule has 0 bridgehead atoms. The smallest absolute Gasteiger partial charge is 0.111 e. The summed E-state index contributed by atoms with van der Waals surface area (Å²) in [4.78, 5) is 7.86. The van der Waals surface area contributed by atoms with Crippen molar-refractivity contribution in [1.29, 1.82) is 0 Å². The first kappa shape index (κ1) is 16.8. The molecule has 5 heteroatoms. The minimum atomic E-state index is 0.737. The quantitative estimate of drug-likeness (QED) is 0.417. The van der Waals surface area contributed by atoms with Crippen LogP contribution in [0.25, 0.3) is 44.8 Å². The fraction of sp³-hybridized carbons (Fsp3) is 0.0435. The molecule has 5 rings (SSSR count). The van der Waals surface area contributed by atoms with Crippen LogP contribution in [0.15, 0.2) is 79.0 Å². The number of hydrogen-bond acceptors (Lipinski definition) is 2. The number of pyridine rings is 1. The van der Waals surface area contributed by atoms with Gasteiger partial charge in [0.25, 0.3) is 0 Å². The maximum absolute atomic E-state index is 6.36. The number of aromatic nitrogens is 4. The normalized spacial score (nSPS) is 11.2. The Morgan fingerprint density at radius 1 is 0.893 bits per heavy atom. The number of aromatic amines is 1. The lowest BCUT2D eigenvalue weighted by molar-refractivity contribution is 0.778. The van der Waals surface area contributed by atoms with Crippen LogP contribution in [0.5, 0.6) is 0 Å². The Hall–Kier alpha value is -3.37. The van der Waals surface area contributed by atoms with Gasteiger partial charge < -0.3 is 4.98 Å². The summed E-state index contributed by atoms with van der Waals surface area (Å²) in [7, 11) is 1.96. The van der Waals surface area contributed by atoms with Crippen LogP contribution in [0.2, 0.25) is 5.02 Å². The Labute approximate surface area is 167 Å². The number of nitrogens with zero attached hydrogens (tertiary/aromatic N) is 3. The predicted molar refractivity (Wildman–Crippen MR) is 114 cm³/mol. The van der Waals surface area contributed by atoms with Gasteiger partial charge in [-0.25, -0.2) is 0 Å². The van der Waals surface area contributed by atoms with E-state index in [0.29, 0.717) is 0 Å². The summed E-state index contributed by atoms with van der Waals surface area (Å²) in [5.74, 6) is 0. The standard InChI is InChI=1S/C23H17ClN4/c1-28-23(14-22(27-28)20-8-4-5-11-25-20)15-9-10-19-16(12-15)13-21(26-19)17-6-2-3-7-18(17)24/h2-14,26H,1H3. The molecule has 136 valence electrons. The van der Waals surface area contributed by atoms with Gasteiger partial charge >= 0.3 is 0 Å². The highest BCUT2D eigenvalue weighted by Gasteiger charge is 2.12. The maximum Gasteiger partial charge on any atom is 0.111 e. The third kappa shape index (κ3) is 2.88. The number of fused-ring (bicyclic) bond motifs is 1. The molecule has 5 aromatic rings. The van der Waals surface area contributed by atoms with E-state index in [0.717, 1.165) is 49.8 Å². The molecule has 0 aliphatic rings. The van der Waals surface area contributed by atoms with Gasteiger partial charge in [-0.3, -0.25) is 9.67 Å². The second kappa shape index (κ2) is 6.66. The molecule has 3 aromatic heterocycles. The Balaban J connectivity index is 1.57. The number of H-pyrrole nitrogens is 1. The number of rotatable bonds is 3. The molecule has 3 heterocycles. The van der Waals surface area contributed by atoms with Gasteiger partial charge in [-0.15, -0.1) is 0 Å². The van der Waals surface area contributed by atoms with Crippen molar-refractivity contribution in [3.8, 4) is 33.9 Å². The molecule has 0 saturated carbocycles. The number of nitrogens with one attached hydrogen (secondary N) is 1. The summed E-state index contributed by atoms with van der Waals surface area (Å²) in [6.07, 6.45) is 1.78. The highest BCUT2D eigenvalue weighted by Crippen LogP contribution is 2.32. The first-order valence-corrected chi connectivity index (χ1v) is 9.40. The molecule has 0 spiro atoms. The number of hydrogen-bond donors (Lipinski definition) is 1. The molecule has 0 fully saturated rings. The molecule has 4 nitrogen and oxygen atoms in total. The summed E-state index contributed by atoms with van der Waals surface area (Å²) in [6.45, 7) is 0. The third-order valence-corrected chi connectivity index (χ3v) is 5.22. The molecule has 0 amide bonds. The average molecular weight is 385 g/mol. The molecule has 0 aliphatic heterocycles. The van der Waals surface area contributed by atoms with Gasteiger partial charge in [0.15, 0.2) is 0 Å². The van der Waals surface area contributed by atoms with Crippen LogP contribution in [-0.4, -0.2) is 19.7 Å². The van der Waals surface area contributed by atoms with Crippen molar-refractivity contribution in [3.63, 3.8) is 0 Å². The lowest BCUT2D eigenvalue weighted by Gasteiger charge is -2.01. The highest BCUT2D eigenvalue weighted by molar-refractivity contribution is 6.33. The van der Waals surface area contributed by atoms with E-state index in [-0.39, 0.29) is 0 Å². The van der Waals surface area contributed by atoms with Crippen LogP contribution < -0.4 is 0 Å². The summed E-state index contributed by atoms with van der Waals surface area (Å²) in [5, 5.41) is 6.50. The van der Waals surface area contributed by atoms with Crippen LogP contribution in [0, 0.1) is 0 Å². The topological polar surface area (TPSA) is 46.5 Å². The van der Waals surface area contributed by atoms with E-state index >= 15 is 0 Å². The van der Waals surface area contributed by atoms with E-state index in [1.807, 2.05) is 54.2 Å². The van der Waals surface area contributed by atoms with E-state index in [4.69, 9.17) is 11.6 Å². The van der Waals surface area contributed by atoms with Gasteiger partial charge in [0.05, 0.1) is 11.4 Å². The highest BCUT2D eigenvalue weighted by atomic mass is 35.5. The van der Waals surface area contributed by atoms with E-state index in [9.17, 15) is 0 Å². The Morgan fingerprint density at radius 3 is 2.57 bits per heavy atom. The molecule has 0 radical (unpaired) electrons. The van der Waals surface area contributed by atoms with Crippen molar-refractivity contribution < 1.29 is 0 Å². The fourth-order valence-electron chi connectivity index (χ4n) is 3.49. The number of benzene rings is 2. The minimum absolute atomic E-state index is 0.737. The molecular weight excluding hydrogens is 368 g/mol. The minimum Gasteiger partial charge on any atom is -0.354 e. The van der Waals surface area contributed by atoms with Crippen LogP contribution in [0.3, 0.4) is 0 Å². The molecule has 2 aromatic carbocycles. The van der Waals surface area contributed by atoms with Crippen molar-refractivity contribution in [2.24, 2.45) is 7.05 Å². The van der Waals surface area contributed by atoms with Gasteiger partial charge in [-0.1, -0.05) is 41.9 Å². The second-order valence-corrected chi connectivity index (χ2v) is 7.13. The van der Waals surface area contributed by atoms with E-state index in [2.05, 4.69) is 45.4 Å². The molecule has 0 unspecified atom stereocenters. The van der Waals surface area contributed by atoms with Crippen molar-refractivity contribution >= 4 is 22.5 Å². The van der Waals surface area contributed by atoms with Crippen molar-refractivity contribution in [2.75, 3.05) is 0 Å².